The first-order chi connectivity index (χ1) is 9.41. The van der Waals surface area contributed by atoms with E-state index in [9.17, 15) is 18.0 Å². The molecule has 0 atom stereocenters. The van der Waals surface area contributed by atoms with Gasteiger partial charge in [0.15, 0.2) is 0 Å². The Morgan fingerprint density at radius 3 is 2.70 bits per heavy atom. The number of alkyl halides is 3. The van der Waals surface area contributed by atoms with Crippen LogP contribution in [0.3, 0.4) is 0 Å². The highest BCUT2D eigenvalue weighted by atomic mass is 19.4. The molecule has 1 aromatic carbocycles. The van der Waals surface area contributed by atoms with E-state index >= 15 is 0 Å². The number of halogens is 3. The highest BCUT2D eigenvalue weighted by Crippen LogP contribution is 2.31. The molecule has 1 aromatic heterocycles. The zero-order valence-electron chi connectivity index (χ0n) is 9.56. The van der Waals surface area contributed by atoms with Crippen LogP contribution in [0.15, 0.2) is 18.2 Å². The van der Waals surface area contributed by atoms with Gasteiger partial charge in [-0.1, -0.05) is 0 Å². The summed E-state index contributed by atoms with van der Waals surface area (Å²) in [6.45, 7) is 0. The van der Waals surface area contributed by atoms with Crippen LogP contribution >= 0.6 is 0 Å². The average Bonchev–Trinajstić information content (AvgIpc) is 2.91. The van der Waals surface area contributed by atoms with E-state index in [1.807, 2.05) is 0 Å². The molecule has 0 bridgehead atoms. The largest absolute Gasteiger partial charge is 0.416 e. The number of nitrogens with one attached hydrogen (secondary N) is 2. The lowest BCUT2D eigenvalue weighted by Crippen LogP contribution is -2.15. The summed E-state index contributed by atoms with van der Waals surface area (Å²) >= 11 is 0. The molecule has 1 amide bonds. The summed E-state index contributed by atoms with van der Waals surface area (Å²) in [7, 11) is 0. The number of nitrogens with zero attached hydrogens (tertiary/aromatic N) is 4. The molecule has 0 unspecified atom stereocenters. The van der Waals surface area contributed by atoms with Gasteiger partial charge < -0.3 is 5.32 Å². The van der Waals surface area contributed by atoms with E-state index in [0.29, 0.717) is 6.07 Å². The standard InChI is InChI=1S/C10H5F3N6O/c11-10(12,13)6-1-2-7(5(3-6)4-14)15-9(20)8-16-18-19-17-8/h1-3H,(H,15,20)(H,16,17,18,19). The number of H-pyrrole nitrogens is 1. The Kier molecular flexibility index (Phi) is 3.34. The Morgan fingerprint density at radius 1 is 1.40 bits per heavy atom. The summed E-state index contributed by atoms with van der Waals surface area (Å²) in [4.78, 5) is 11.6. The maximum absolute atomic E-state index is 12.5. The summed E-state index contributed by atoms with van der Waals surface area (Å²) in [5.74, 6) is -1.09. The van der Waals surface area contributed by atoms with E-state index in [4.69, 9.17) is 5.26 Å². The monoisotopic (exact) mass is 282 g/mol. The maximum atomic E-state index is 12.5. The third kappa shape index (κ3) is 2.72. The van der Waals surface area contributed by atoms with E-state index in [1.165, 1.54) is 0 Å². The van der Waals surface area contributed by atoms with E-state index in [2.05, 4.69) is 25.9 Å². The fourth-order valence-corrected chi connectivity index (χ4v) is 1.36. The normalized spacial score (nSPS) is 10.9. The zero-order chi connectivity index (χ0) is 14.8. The molecule has 0 aliphatic heterocycles. The lowest BCUT2D eigenvalue weighted by Gasteiger charge is -2.09. The van der Waals surface area contributed by atoms with Crippen LogP contribution in [0.4, 0.5) is 18.9 Å². The van der Waals surface area contributed by atoms with Crippen molar-refractivity contribution in [2.45, 2.75) is 6.18 Å². The van der Waals surface area contributed by atoms with Crippen molar-refractivity contribution in [1.29, 1.82) is 5.26 Å². The first kappa shape index (κ1) is 13.5. The molecule has 0 saturated heterocycles. The summed E-state index contributed by atoms with van der Waals surface area (Å²) in [6.07, 6.45) is -4.57. The number of carbonyl (C=O) groups excluding carboxylic acids is 1. The molecular weight excluding hydrogens is 277 g/mol. The van der Waals surface area contributed by atoms with Crippen LogP contribution in [-0.4, -0.2) is 26.5 Å². The predicted octanol–water partition coefficient (Wildman–Crippen LogP) is 1.34. The summed E-state index contributed by atoms with van der Waals surface area (Å²) < 4.78 is 37.5. The Morgan fingerprint density at radius 2 is 2.15 bits per heavy atom. The van der Waals surface area contributed by atoms with Crippen molar-refractivity contribution < 1.29 is 18.0 Å². The van der Waals surface area contributed by atoms with Gasteiger partial charge in [0.2, 0.25) is 0 Å². The Hall–Kier alpha value is -2.96. The van der Waals surface area contributed by atoms with Gasteiger partial charge in [0.1, 0.15) is 6.07 Å². The van der Waals surface area contributed by atoms with Gasteiger partial charge in [0, 0.05) is 0 Å². The van der Waals surface area contributed by atoms with Gasteiger partial charge >= 0.3 is 6.18 Å². The number of tetrazole rings is 1. The van der Waals surface area contributed by atoms with Crippen LogP contribution in [0.2, 0.25) is 0 Å². The number of aromatic nitrogens is 4. The molecule has 102 valence electrons. The summed E-state index contributed by atoms with van der Waals surface area (Å²) in [5.41, 5.74) is -1.38. The van der Waals surface area contributed by atoms with Crippen LogP contribution < -0.4 is 5.32 Å². The molecule has 2 N–H and O–H groups in total. The molecule has 0 radical (unpaired) electrons. The van der Waals surface area contributed by atoms with Gasteiger partial charge in [-0.25, -0.2) is 0 Å². The molecule has 0 saturated carbocycles. The third-order valence-corrected chi connectivity index (χ3v) is 2.26. The average molecular weight is 282 g/mol. The Bertz CT molecular complexity index is 673. The van der Waals surface area contributed by atoms with Crippen molar-refractivity contribution in [3.8, 4) is 6.07 Å². The first-order valence-corrected chi connectivity index (χ1v) is 5.08. The highest BCUT2D eigenvalue weighted by molar-refractivity contribution is 6.02. The topological polar surface area (TPSA) is 107 Å². The molecule has 0 aliphatic carbocycles. The minimum Gasteiger partial charge on any atom is -0.318 e. The number of anilines is 1. The Balaban J connectivity index is 2.29. The van der Waals surface area contributed by atoms with E-state index in [0.717, 1.165) is 12.1 Å². The first-order valence-electron chi connectivity index (χ1n) is 5.08. The van der Waals surface area contributed by atoms with Crippen LogP contribution in [0.1, 0.15) is 21.7 Å². The second-order valence-electron chi connectivity index (χ2n) is 3.56. The SMILES string of the molecule is N#Cc1cc(C(F)(F)F)ccc1NC(=O)c1nn[nH]n1. The van der Waals surface area contributed by atoms with Crippen LogP contribution in [0.25, 0.3) is 0 Å². The van der Waals surface area contributed by atoms with Crippen molar-refractivity contribution in [2.75, 3.05) is 5.32 Å². The minimum atomic E-state index is -4.57. The summed E-state index contributed by atoms with van der Waals surface area (Å²) in [6, 6.07) is 3.97. The van der Waals surface area contributed by atoms with E-state index in [1.54, 1.807) is 6.07 Å². The van der Waals surface area contributed by atoms with Crippen LogP contribution in [0, 0.1) is 11.3 Å². The molecule has 10 heteroatoms. The van der Waals surface area contributed by atoms with Gasteiger partial charge in [-0.3, -0.25) is 4.79 Å². The summed E-state index contributed by atoms with van der Waals surface area (Å²) in [5, 5.41) is 23.1. The van der Waals surface area contributed by atoms with Gasteiger partial charge in [0.05, 0.1) is 16.8 Å². The second kappa shape index (κ2) is 4.96. The molecule has 20 heavy (non-hydrogen) atoms. The Labute approximate surface area is 109 Å². The smallest absolute Gasteiger partial charge is 0.318 e. The zero-order valence-corrected chi connectivity index (χ0v) is 9.56. The number of amides is 1. The quantitative estimate of drug-likeness (QED) is 0.864. The van der Waals surface area contributed by atoms with Crippen molar-refractivity contribution in [1.82, 2.24) is 20.6 Å². The molecule has 0 spiro atoms. The van der Waals surface area contributed by atoms with Gasteiger partial charge in [-0.15, -0.1) is 10.2 Å². The second-order valence-corrected chi connectivity index (χ2v) is 3.56. The van der Waals surface area contributed by atoms with E-state index in [-0.39, 0.29) is 17.1 Å². The number of benzene rings is 1. The maximum Gasteiger partial charge on any atom is 0.416 e. The fraction of sp³-hybridized carbons (Fsp3) is 0.100. The van der Waals surface area contributed by atoms with Crippen molar-refractivity contribution >= 4 is 11.6 Å². The van der Waals surface area contributed by atoms with Gasteiger partial charge in [0.25, 0.3) is 11.7 Å². The number of hydrogen-bond acceptors (Lipinski definition) is 5. The lowest BCUT2D eigenvalue weighted by molar-refractivity contribution is -0.137. The van der Waals surface area contributed by atoms with Crippen LogP contribution in [-0.2, 0) is 6.18 Å². The highest BCUT2D eigenvalue weighted by Gasteiger charge is 2.31. The molecule has 2 rings (SSSR count). The molecule has 7 nitrogen and oxygen atoms in total. The predicted molar refractivity (Wildman–Crippen MR) is 58.3 cm³/mol. The molecule has 0 aliphatic rings. The molecule has 2 aromatic rings. The van der Waals surface area contributed by atoms with Gasteiger partial charge in [-0.05, 0) is 23.4 Å². The molecular formula is C10H5F3N6O. The lowest BCUT2D eigenvalue weighted by atomic mass is 10.1. The number of carbonyl (C=O) groups is 1. The van der Waals surface area contributed by atoms with Crippen LogP contribution in [0.5, 0.6) is 0 Å². The van der Waals surface area contributed by atoms with Crippen molar-refractivity contribution in [3.63, 3.8) is 0 Å². The third-order valence-electron chi connectivity index (χ3n) is 2.26. The van der Waals surface area contributed by atoms with E-state index < -0.39 is 17.6 Å². The number of nitriles is 1. The van der Waals surface area contributed by atoms with Crippen molar-refractivity contribution in [2.24, 2.45) is 0 Å². The van der Waals surface area contributed by atoms with Gasteiger partial charge in [-0.2, -0.15) is 23.6 Å². The fourth-order valence-electron chi connectivity index (χ4n) is 1.36. The number of hydrogen-bond donors (Lipinski definition) is 2. The number of rotatable bonds is 2. The van der Waals surface area contributed by atoms with Crippen molar-refractivity contribution in [3.05, 3.63) is 35.2 Å². The number of aromatic amines is 1. The molecule has 0 fully saturated rings. The molecule has 1 heterocycles. The minimum absolute atomic E-state index is 0.0738.